The fraction of sp³-hybridized carbons (Fsp3) is 0.0435. The van der Waals surface area contributed by atoms with Gasteiger partial charge in [0.05, 0.1) is 16.3 Å². The molecule has 0 saturated heterocycles. The molecule has 1 aliphatic rings. The van der Waals surface area contributed by atoms with Gasteiger partial charge in [0.15, 0.2) is 0 Å². The number of aromatic nitrogens is 1. The summed E-state index contributed by atoms with van der Waals surface area (Å²) in [6.07, 6.45) is 4.62. The van der Waals surface area contributed by atoms with E-state index in [9.17, 15) is 18.8 Å². The van der Waals surface area contributed by atoms with Crippen LogP contribution in [0.25, 0.3) is 6.08 Å². The summed E-state index contributed by atoms with van der Waals surface area (Å²) < 4.78 is 13.4. The predicted molar refractivity (Wildman–Crippen MR) is 114 cm³/mol. The zero-order valence-electron chi connectivity index (χ0n) is 16.0. The number of hydrogen-bond acceptors (Lipinski definition) is 4. The van der Waals surface area contributed by atoms with Crippen molar-refractivity contribution in [1.82, 2.24) is 10.3 Å². The van der Waals surface area contributed by atoms with Gasteiger partial charge in [-0.3, -0.25) is 19.4 Å². The van der Waals surface area contributed by atoms with Crippen molar-refractivity contribution in [2.45, 2.75) is 6.54 Å². The third-order valence-electron chi connectivity index (χ3n) is 4.69. The van der Waals surface area contributed by atoms with Crippen LogP contribution in [0.15, 0.2) is 66.5 Å². The first-order chi connectivity index (χ1) is 14.9. The first-order valence-corrected chi connectivity index (χ1v) is 9.64. The molecule has 2 aromatic carbocycles. The number of carbonyl (C=O) groups is 3. The zero-order chi connectivity index (χ0) is 22.0. The van der Waals surface area contributed by atoms with Crippen LogP contribution < -0.4 is 10.6 Å². The molecule has 0 radical (unpaired) electrons. The molecule has 0 atom stereocenters. The molecule has 154 valence electrons. The Morgan fingerprint density at radius 3 is 2.74 bits per heavy atom. The summed E-state index contributed by atoms with van der Waals surface area (Å²) in [5.74, 6) is -2.10. The van der Waals surface area contributed by atoms with Gasteiger partial charge in [-0.05, 0) is 53.6 Å². The first-order valence-electron chi connectivity index (χ1n) is 9.26. The van der Waals surface area contributed by atoms with Crippen molar-refractivity contribution >= 4 is 41.0 Å². The summed E-state index contributed by atoms with van der Waals surface area (Å²) in [6.45, 7) is 0.283. The number of nitrogens with one attached hydrogen (secondary N) is 2. The van der Waals surface area contributed by atoms with Gasteiger partial charge in [0.1, 0.15) is 5.82 Å². The first kappa shape index (κ1) is 20.4. The van der Waals surface area contributed by atoms with Crippen LogP contribution >= 0.6 is 11.6 Å². The van der Waals surface area contributed by atoms with E-state index in [1.54, 1.807) is 18.5 Å². The van der Waals surface area contributed by atoms with Crippen molar-refractivity contribution in [3.05, 3.63) is 99.6 Å². The van der Waals surface area contributed by atoms with Crippen LogP contribution in [0.2, 0.25) is 5.02 Å². The predicted octanol–water partition coefficient (Wildman–Crippen LogP) is 4.02. The van der Waals surface area contributed by atoms with Gasteiger partial charge in [-0.2, -0.15) is 0 Å². The van der Waals surface area contributed by atoms with Gasteiger partial charge in [0, 0.05) is 30.1 Å². The highest BCUT2D eigenvalue weighted by atomic mass is 35.5. The van der Waals surface area contributed by atoms with E-state index in [1.165, 1.54) is 36.4 Å². The van der Waals surface area contributed by atoms with E-state index in [1.807, 2.05) is 6.07 Å². The van der Waals surface area contributed by atoms with Crippen molar-refractivity contribution in [3.63, 3.8) is 0 Å². The van der Waals surface area contributed by atoms with Crippen molar-refractivity contribution in [3.8, 4) is 0 Å². The highest BCUT2D eigenvalue weighted by Crippen LogP contribution is 2.28. The van der Waals surface area contributed by atoms with Gasteiger partial charge < -0.3 is 10.6 Å². The number of fused-ring (bicyclic) bond motifs is 1. The molecule has 31 heavy (non-hydrogen) atoms. The van der Waals surface area contributed by atoms with E-state index < -0.39 is 17.5 Å². The Morgan fingerprint density at radius 1 is 1.16 bits per heavy atom. The lowest BCUT2D eigenvalue weighted by Gasteiger charge is -2.19. The second-order valence-electron chi connectivity index (χ2n) is 6.82. The maximum absolute atomic E-state index is 13.4. The van der Waals surface area contributed by atoms with Crippen LogP contribution in [0.1, 0.15) is 31.8 Å². The number of halogens is 2. The number of amides is 2. The Balaban J connectivity index is 1.59. The largest absolute Gasteiger partial charge is 0.348 e. The van der Waals surface area contributed by atoms with Crippen molar-refractivity contribution in [2.24, 2.45) is 0 Å². The summed E-state index contributed by atoms with van der Waals surface area (Å²) in [7, 11) is 0. The van der Waals surface area contributed by atoms with E-state index in [2.05, 4.69) is 15.6 Å². The Labute approximate surface area is 181 Å². The number of Topliss-reactive ketones (excluding diaryl/α,β-unsaturated/α-hetero) is 1. The molecule has 1 aliphatic heterocycles. The van der Waals surface area contributed by atoms with E-state index in [4.69, 9.17) is 11.6 Å². The van der Waals surface area contributed by atoms with Gasteiger partial charge in [-0.15, -0.1) is 0 Å². The average Bonchev–Trinajstić information content (AvgIpc) is 2.78. The minimum Gasteiger partial charge on any atom is -0.348 e. The number of ketones is 1. The van der Waals surface area contributed by atoms with Crippen LogP contribution in [-0.2, 0) is 11.3 Å². The molecule has 0 fully saturated rings. The molecule has 2 N–H and O–H groups in total. The van der Waals surface area contributed by atoms with E-state index in [0.29, 0.717) is 11.3 Å². The third kappa shape index (κ3) is 4.36. The molecule has 8 heteroatoms. The van der Waals surface area contributed by atoms with Crippen molar-refractivity contribution in [2.75, 3.05) is 5.32 Å². The highest BCUT2D eigenvalue weighted by Gasteiger charge is 2.29. The minimum absolute atomic E-state index is 0.119. The number of hydrogen-bond donors (Lipinski definition) is 2. The maximum atomic E-state index is 13.4. The molecular weight excluding hydrogens is 421 g/mol. The number of carbonyl (C=O) groups excluding carboxylic acids is 3. The third-order valence-corrected chi connectivity index (χ3v) is 4.98. The van der Waals surface area contributed by atoms with Crippen LogP contribution in [0.5, 0.6) is 0 Å². The maximum Gasteiger partial charge on any atom is 0.259 e. The van der Waals surface area contributed by atoms with Gasteiger partial charge in [-0.1, -0.05) is 23.7 Å². The number of nitrogens with zero attached hydrogens (tertiary/aromatic N) is 1. The summed E-state index contributed by atoms with van der Waals surface area (Å²) in [4.78, 5) is 41.9. The van der Waals surface area contributed by atoms with Crippen LogP contribution in [-0.4, -0.2) is 22.6 Å². The highest BCUT2D eigenvalue weighted by molar-refractivity contribution is 6.36. The van der Waals surface area contributed by atoms with Gasteiger partial charge >= 0.3 is 0 Å². The summed E-state index contributed by atoms with van der Waals surface area (Å²) in [5.41, 5.74) is 1.87. The molecule has 6 nitrogen and oxygen atoms in total. The molecule has 0 bridgehead atoms. The Bertz CT molecular complexity index is 1240. The molecular formula is C23H15ClFN3O3. The molecule has 1 aromatic heterocycles. The second-order valence-corrected chi connectivity index (χ2v) is 7.23. The van der Waals surface area contributed by atoms with Crippen molar-refractivity contribution in [1.29, 1.82) is 0 Å². The van der Waals surface area contributed by atoms with Crippen LogP contribution in [0.4, 0.5) is 10.1 Å². The lowest BCUT2D eigenvalue weighted by molar-refractivity contribution is -0.112. The Morgan fingerprint density at radius 2 is 2.00 bits per heavy atom. The SMILES string of the molecule is O=C1Nc2ccc(C(=O)NCc3cccnc3)cc2C(=O)C1=Cc1ccc(F)c(Cl)c1. The molecule has 0 aliphatic carbocycles. The van der Waals surface area contributed by atoms with E-state index in [-0.39, 0.29) is 34.2 Å². The monoisotopic (exact) mass is 435 g/mol. The zero-order valence-corrected chi connectivity index (χ0v) is 16.7. The number of rotatable bonds is 4. The lowest BCUT2D eigenvalue weighted by atomic mass is 9.93. The topological polar surface area (TPSA) is 88.2 Å². The Hall–Kier alpha value is -3.84. The molecule has 0 spiro atoms. The van der Waals surface area contributed by atoms with Crippen LogP contribution in [0.3, 0.4) is 0 Å². The van der Waals surface area contributed by atoms with E-state index in [0.717, 1.165) is 11.6 Å². The fourth-order valence-corrected chi connectivity index (χ4v) is 3.30. The second kappa shape index (κ2) is 8.49. The van der Waals surface area contributed by atoms with Gasteiger partial charge in [0.25, 0.3) is 11.8 Å². The standard InChI is InChI=1S/C23H15ClFN3O3/c24-18-9-13(3-5-19(18)25)8-17-21(29)16-10-15(4-6-20(16)28-23(17)31)22(30)27-12-14-2-1-7-26-11-14/h1-11H,12H2,(H,27,30)(H,28,31). The summed E-state index contributed by atoms with van der Waals surface area (Å²) >= 11 is 5.78. The normalized spacial score (nSPS) is 14.2. The van der Waals surface area contributed by atoms with Gasteiger partial charge in [-0.25, -0.2) is 4.39 Å². The number of anilines is 1. The molecule has 3 aromatic rings. The van der Waals surface area contributed by atoms with E-state index >= 15 is 0 Å². The smallest absolute Gasteiger partial charge is 0.259 e. The average molecular weight is 436 g/mol. The quantitative estimate of drug-likeness (QED) is 0.478. The molecule has 2 heterocycles. The molecule has 2 amide bonds. The molecule has 0 saturated carbocycles. The number of pyridine rings is 1. The molecule has 4 rings (SSSR count). The summed E-state index contributed by atoms with van der Waals surface area (Å²) in [6, 6.07) is 11.9. The lowest BCUT2D eigenvalue weighted by Crippen LogP contribution is -2.28. The summed E-state index contributed by atoms with van der Waals surface area (Å²) in [5, 5.41) is 5.28. The number of benzene rings is 2. The van der Waals surface area contributed by atoms with Crippen LogP contribution in [0, 0.1) is 5.82 Å². The van der Waals surface area contributed by atoms with Crippen molar-refractivity contribution < 1.29 is 18.8 Å². The fourth-order valence-electron chi connectivity index (χ4n) is 3.11. The molecule has 0 unspecified atom stereocenters. The van der Waals surface area contributed by atoms with Gasteiger partial charge in [0.2, 0.25) is 5.78 Å². The minimum atomic E-state index is -0.601. The Kier molecular flexibility index (Phi) is 5.60.